The standard InChI is InChI=1S/C20H33O3P/c1-16(2)15-18-10-12-19(13-11-18)17(3)20(21)9-7-6-8-14-23-24(4,5)22/h10-13,16-17H,6-9,14-15H2,1-5H3. The van der Waals surface area contributed by atoms with Gasteiger partial charge in [-0.15, -0.1) is 0 Å². The molecule has 0 N–H and O–H groups in total. The van der Waals surface area contributed by atoms with Crippen molar-refractivity contribution in [3.8, 4) is 0 Å². The summed E-state index contributed by atoms with van der Waals surface area (Å²) >= 11 is 0. The SMILES string of the molecule is CC(C)Cc1ccc(C(C)C(=O)CCCCCOP(C)(C)=O)cc1. The smallest absolute Gasteiger partial charge is 0.197 e. The minimum absolute atomic E-state index is 0.0409. The van der Waals surface area contributed by atoms with E-state index in [2.05, 4.69) is 38.1 Å². The van der Waals surface area contributed by atoms with Gasteiger partial charge in [0.2, 0.25) is 0 Å². The summed E-state index contributed by atoms with van der Waals surface area (Å²) in [5, 5.41) is 0. The maximum Gasteiger partial charge on any atom is 0.197 e. The molecule has 0 heterocycles. The number of ketones is 1. The van der Waals surface area contributed by atoms with Crippen molar-refractivity contribution in [2.75, 3.05) is 19.9 Å². The largest absolute Gasteiger partial charge is 0.329 e. The van der Waals surface area contributed by atoms with Gasteiger partial charge in [0.15, 0.2) is 7.37 Å². The lowest BCUT2D eigenvalue weighted by Gasteiger charge is -2.12. The number of hydrogen-bond donors (Lipinski definition) is 0. The Morgan fingerprint density at radius 3 is 2.21 bits per heavy atom. The van der Waals surface area contributed by atoms with Crippen LogP contribution >= 0.6 is 7.37 Å². The van der Waals surface area contributed by atoms with Gasteiger partial charge in [0.1, 0.15) is 5.78 Å². The zero-order valence-corrected chi connectivity index (χ0v) is 16.8. The lowest BCUT2D eigenvalue weighted by atomic mass is 9.92. The second-order valence-corrected chi connectivity index (χ2v) is 10.2. The van der Waals surface area contributed by atoms with E-state index in [4.69, 9.17) is 4.52 Å². The molecule has 4 heteroatoms. The van der Waals surface area contributed by atoms with Gasteiger partial charge in [-0.05, 0) is 36.3 Å². The van der Waals surface area contributed by atoms with E-state index in [-0.39, 0.29) is 5.92 Å². The molecule has 0 amide bonds. The van der Waals surface area contributed by atoms with Gasteiger partial charge in [-0.3, -0.25) is 9.36 Å². The average Bonchev–Trinajstić information content (AvgIpc) is 2.49. The van der Waals surface area contributed by atoms with Crippen LogP contribution in [-0.4, -0.2) is 25.7 Å². The fourth-order valence-electron chi connectivity index (χ4n) is 2.68. The normalized spacial score (nSPS) is 13.2. The summed E-state index contributed by atoms with van der Waals surface area (Å²) in [6.45, 7) is 10.2. The molecule has 0 bridgehead atoms. The molecule has 136 valence electrons. The van der Waals surface area contributed by atoms with Gasteiger partial charge >= 0.3 is 0 Å². The van der Waals surface area contributed by atoms with E-state index in [9.17, 15) is 9.36 Å². The monoisotopic (exact) mass is 352 g/mol. The van der Waals surface area contributed by atoms with Crippen LogP contribution in [0.3, 0.4) is 0 Å². The maximum absolute atomic E-state index is 12.3. The number of carbonyl (C=O) groups is 1. The molecule has 0 aliphatic rings. The molecule has 0 fully saturated rings. The quantitative estimate of drug-likeness (QED) is 0.380. The minimum Gasteiger partial charge on any atom is -0.329 e. The van der Waals surface area contributed by atoms with E-state index in [1.807, 2.05) is 6.92 Å². The molecular formula is C20H33O3P. The molecule has 1 unspecified atom stereocenters. The maximum atomic E-state index is 12.3. The third-order valence-electron chi connectivity index (χ3n) is 4.08. The van der Waals surface area contributed by atoms with E-state index >= 15 is 0 Å². The summed E-state index contributed by atoms with van der Waals surface area (Å²) in [5.41, 5.74) is 2.44. The van der Waals surface area contributed by atoms with Crippen molar-refractivity contribution in [2.24, 2.45) is 5.92 Å². The Kier molecular flexibility index (Phi) is 8.94. The van der Waals surface area contributed by atoms with Crippen LogP contribution < -0.4 is 0 Å². The average molecular weight is 352 g/mol. The van der Waals surface area contributed by atoms with Gasteiger partial charge in [0.05, 0.1) is 6.61 Å². The van der Waals surface area contributed by atoms with Crippen molar-refractivity contribution in [3.63, 3.8) is 0 Å². The highest BCUT2D eigenvalue weighted by Crippen LogP contribution is 2.37. The van der Waals surface area contributed by atoms with Crippen molar-refractivity contribution in [2.45, 2.75) is 58.8 Å². The minimum atomic E-state index is -2.37. The Morgan fingerprint density at radius 2 is 1.67 bits per heavy atom. The first kappa shape index (κ1) is 21.1. The molecule has 1 aromatic rings. The number of hydrogen-bond acceptors (Lipinski definition) is 3. The van der Waals surface area contributed by atoms with E-state index in [1.54, 1.807) is 13.3 Å². The Bertz CT molecular complexity index is 543. The van der Waals surface area contributed by atoms with Crippen LogP contribution in [0.1, 0.15) is 63.5 Å². The second kappa shape index (κ2) is 10.2. The molecule has 1 atom stereocenters. The summed E-state index contributed by atoms with van der Waals surface area (Å²) in [6, 6.07) is 8.47. The summed E-state index contributed by atoms with van der Waals surface area (Å²) in [5.74, 6) is 0.901. The van der Waals surface area contributed by atoms with Gasteiger partial charge in [-0.25, -0.2) is 0 Å². The van der Waals surface area contributed by atoms with Crippen LogP contribution in [0.2, 0.25) is 0 Å². The van der Waals surface area contributed by atoms with Crippen molar-refractivity contribution >= 4 is 13.2 Å². The van der Waals surface area contributed by atoms with E-state index in [0.29, 0.717) is 24.7 Å². The number of rotatable bonds is 11. The molecule has 0 radical (unpaired) electrons. The Hall–Kier alpha value is -0.920. The van der Waals surface area contributed by atoms with E-state index in [0.717, 1.165) is 31.2 Å². The summed E-state index contributed by atoms with van der Waals surface area (Å²) in [4.78, 5) is 12.3. The first-order chi connectivity index (χ1) is 11.2. The van der Waals surface area contributed by atoms with Crippen LogP contribution in [0.5, 0.6) is 0 Å². The number of unbranched alkanes of at least 4 members (excludes halogenated alkanes) is 2. The highest BCUT2D eigenvalue weighted by Gasteiger charge is 2.15. The zero-order chi connectivity index (χ0) is 18.2. The molecule has 1 rings (SSSR count). The first-order valence-corrected chi connectivity index (χ1v) is 11.5. The molecule has 0 saturated carbocycles. The number of Topliss-reactive ketones (excluding diaryl/α,β-unsaturated/α-hetero) is 1. The van der Waals surface area contributed by atoms with Crippen LogP contribution in [0.25, 0.3) is 0 Å². The van der Waals surface area contributed by atoms with Crippen molar-refractivity contribution in [1.82, 2.24) is 0 Å². The van der Waals surface area contributed by atoms with Crippen LogP contribution in [0.4, 0.5) is 0 Å². The second-order valence-electron chi connectivity index (χ2n) is 7.42. The van der Waals surface area contributed by atoms with Gasteiger partial charge in [-0.2, -0.15) is 0 Å². The van der Waals surface area contributed by atoms with Crippen LogP contribution in [0.15, 0.2) is 24.3 Å². The zero-order valence-electron chi connectivity index (χ0n) is 15.9. The summed E-state index contributed by atoms with van der Waals surface area (Å²) in [6.07, 6.45) is 4.34. The molecule has 3 nitrogen and oxygen atoms in total. The molecule has 0 spiro atoms. The fourth-order valence-corrected chi connectivity index (χ4v) is 3.25. The Labute approximate surface area is 147 Å². The highest BCUT2D eigenvalue weighted by atomic mass is 31.2. The van der Waals surface area contributed by atoms with Gasteiger partial charge in [0.25, 0.3) is 0 Å². The predicted octanol–water partition coefficient (Wildman–Crippen LogP) is 5.67. The highest BCUT2D eigenvalue weighted by molar-refractivity contribution is 7.57. The number of carbonyl (C=O) groups excluding carboxylic acids is 1. The van der Waals surface area contributed by atoms with E-state index in [1.165, 1.54) is 5.56 Å². The van der Waals surface area contributed by atoms with Crippen molar-refractivity contribution in [1.29, 1.82) is 0 Å². The molecule has 0 aromatic heterocycles. The third-order valence-corrected chi connectivity index (χ3v) is 4.88. The van der Waals surface area contributed by atoms with Crippen molar-refractivity contribution in [3.05, 3.63) is 35.4 Å². The molecule has 0 aliphatic heterocycles. The van der Waals surface area contributed by atoms with Gasteiger partial charge in [-0.1, -0.05) is 51.5 Å². The summed E-state index contributed by atoms with van der Waals surface area (Å²) < 4.78 is 16.7. The lowest BCUT2D eigenvalue weighted by molar-refractivity contribution is -0.120. The molecular weight excluding hydrogens is 319 g/mol. The molecule has 0 saturated heterocycles. The Balaban J connectivity index is 2.33. The fraction of sp³-hybridized carbons (Fsp3) is 0.650. The molecule has 0 aliphatic carbocycles. The van der Waals surface area contributed by atoms with E-state index < -0.39 is 7.37 Å². The third kappa shape index (κ3) is 8.80. The summed E-state index contributed by atoms with van der Waals surface area (Å²) in [7, 11) is -2.37. The number of benzene rings is 1. The van der Waals surface area contributed by atoms with Gasteiger partial charge < -0.3 is 4.52 Å². The van der Waals surface area contributed by atoms with Crippen LogP contribution in [0, 0.1) is 5.92 Å². The molecule has 1 aromatic carbocycles. The Morgan fingerprint density at radius 1 is 1.04 bits per heavy atom. The first-order valence-electron chi connectivity index (χ1n) is 9.00. The lowest BCUT2D eigenvalue weighted by Crippen LogP contribution is -2.09. The van der Waals surface area contributed by atoms with Gasteiger partial charge in [0, 0.05) is 25.7 Å². The van der Waals surface area contributed by atoms with Crippen LogP contribution in [-0.2, 0) is 20.3 Å². The topological polar surface area (TPSA) is 43.4 Å². The van der Waals surface area contributed by atoms with Crippen molar-refractivity contribution < 1.29 is 13.9 Å². The molecule has 24 heavy (non-hydrogen) atoms. The predicted molar refractivity (Wildman–Crippen MR) is 102 cm³/mol.